The van der Waals surface area contributed by atoms with Crippen molar-refractivity contribution < 1.29 is 0 Å². The zero-order chi connectivity index (χ0) is 9.26. The maximum absolute atomic E-state index is 3.60. The molecule has 13 heavy (non-hydrogen) atoms. The second kappa shape index (κ2) is 4.00. The van der Waals surface area contributed by atoms with Crippen LogP contribution in [0.3, 0.4) is 0 Å². The highest BCUT2D eigenvalue weighted by Gasteiger charge is 2.41. The molecule has 2 rings (SSSR count). The van der Waals surface area contributed by atoms with Gasteiger partial charge < -0.3 is 5.32 Å². The van der Waals surface area contributed by atoms with Crippen LogP contribution in [0.5, 0.6) is 0 Å². The molecule has 2 unspecified atom stereocenters. The standard InChI is InChI=1S/C12H23N/c1-9(2)7-13-8-11-5-6-12(11)10-3-4-10/h9-13H,3-8H2,1-2H3. The van der Waals surface area contributed by atoms with Crippen LogP contribution < -0.4 is 5.32 Å². The van der Waals surface area contributed by atoms with E-state index in [0.717, 1.165) is 23.7 Å². The molecule has 0 heterocycles. The van der Waals surface area contributed by atoms with Gasteiger partial charge in [-0.05, 0) is 62.4 Å². The van der Waals surface area contributed by atoms with Crippen molar-refractivity contribution >= 4 is 0 Å². The van der Waals surface area contributed by atoms with E-state index in [1.807, 2.05) is 0 Å². The molecule has 2 atom stereocenters. The molecule has 2 fully saturated rings. The fraction of sp³-hybridized carbons (Fsp3) is 1.00. The van der Waals surface area contributed by atoms with Crippen LogP contribution in [0.15, 0.2) is 0 Å². The van der Waals surface area contributed by atoms with E-state index < -0.39 is 0 Å². The molecule has 0 spiro atoms. The summed E-state index contributed by atoms with van der Waals surface area (Å²) in [5.41, 5.74) is 0. The minimum absolute atomic E-state index is 0.805. The van der Waals surface area contributed by atoms with Crippen molar-refractivity contribution in [3.05, 3.63) is 0 Å². The van der Waals surface area contributed by atoms with Crippen molar-refractivity contribution in [2.24, 2.45) is 23.7 Å². The van der Waals surface area contributed by atoms with Gasteiger partial charge in [0.15, 0.2) is 0 Å². The summed E-state index contributed by atoms with van der Waals surface area (Å²) in [5, 5.41) is 3.60. The lowest BCUT2D eigenvalue weighted by molar-refractivity contribution is 0.145. The summed E-state index contributed by atoms with van der Waals surface area (Å²) in [7, 11) is 0. The normalized spacial score (nSPS) is 33.5. The Morgan fingerprint density at radius 3 is 2.38 bits per heavy atom. The summed E-state index contributed by atoms with van der Waals surface area (Å²) < 4.78 is 0. The van der Waals surface area contributed by atoms with Crippen molar-refractivity contribution in [3.63, 3.8) is 0 Å². The van der Waals surface area contributed by atoms with E-state index in [2.05, 4.69) is 19.2 Å². The molecule has 0 bridgehead atoms. The third kappa shape index (κ3) is 2.46. The molecule has 1 nitrogen and oxygen atoms in total. The Morgan fingerprint density at radius 2 is 1.92 bits per heavy atom. The molecular weight excluding hydrogens is 158 g/mol. The third-order valence-corrected chi connectivity index (χ3v) is 3.66. The third-order valence-electron chi connectivity index (χ3n) is 3.66. The molecule has 0 aromatic heterocycles. The van der Waals surface area contributed by atoms with E-state index in [1.165, 1.54) is 38.8 Å². The predicted molar refractivity (Wildman–Crippen MR) is 56.6 cm³/mol. The summed E-state index contributed by atoms with van der Waals surface area (Å²) in [6, 6.07) is 0. The fourth-order valence-corrected chi connectivity index (χ4v) is 2.55. The molecule has 0 aromatic carbocycles. The van der Waals surface area contributed by atoms with Crippen molar-refractivity contribution in [1.29, 1.82) is 0 Å². The first-order valence-electron chi connectivity index (χ1n) is 5.98. The van der Waals surface area contributed by atoms with Crippen molar-refractivity contribution in [2.75, 3.05) is 13.1 Å². The Hall–Kier alpha value is -0.0400. The van der Waals surface area contributed by atoms with Crippen LogP contribution in [0.25, 0.3) is 0 Å². The van der Waals surface area contributed by atoms with Gasteiger partial charge in [-0.15, -0.1) is 0 Å². The number of nitrogens with one attached hydrogen (secondary N) is 1. The van der Waals surface area contributed by atoms with Crippen LogP contribution in [-0.2, 0) is 0 Å². The van der Waals surface area contributed by atoms with Crippen molar-refractivity contribution in [2.45, 2.75) is 39.5 Å². The topological polar surface area (TPSA) is 12.0 Å². The molecule has 0 amide bonds. The van der Waals surface area contributed by atoms with E-state index in [-0.39, 0.29) is 0 Å². The molecule has 2 saturated carbocycles. The summed E-state index contributed by atoms with van der Waals surface area (Å²) in [6.07, 6.45) is 6.08. The lowest BCUT2D eigenvalue weighted by Crippen LogP contribution is -2.37. The number of rotatable bonds is 5. The number of hydrogen-bond donors (Lipinski definition) is 1. The van der Waals surface area contributed by atoms with Gasteiger partial charge in [0, 0.05) is 0 Å². The monoisotopic (exact) mass is 181 g/mol. The Bertz CT molecular complexity index is 161. The van der Waals surface area contributed by atoms with Crippen LogP contribution >= 0.6 is 0 Å². The molecule has 1 N–H and O–H groups in total. The van der Waals surface area contributed by atoms with E-state index >= 15 is 0 Å². The second-order valence-corrected chi connectivity index (χ2v) is 5.39. The first-order valence-corrected chi connectivity index (χ1v) is 5.98. The lowest BCUT2D eigenvalue weighted by atomic mass is 9.71. The van der Waals surface area contributed by atoms with Crippen LogP contribution in [0.4, 0.5) is 0 Å². The lowest BCUT2D eigenvalue weighted by Gasteiger charge is -2.37. The van der Waals surface area contributed by atoms with E-state index in [9.17, 15) is 0 Å². The average Bonchev–Trinajstić information content (AvgIpc) is 2.79. The summed E-state index contributed by atoms with van der Waals surface area (Å²) >= 11 is 0. The van der Waals surface area contributed by atoms with Gasteiger partial charge in [0.05, 0.1) is 0 Å². The van der Waals surface area contributed by atoms with Gasteiger partial charge in [0.2, 0.25) is 0 Å². The largest absolute Gasteiger partial charge is 0.316 e. The average molecular weight is 181 g/mol. The first-order chi connectivity index (χ1) is 6.27. The SMILES string of the molecule is CC(C)CNCC1CCC1C1CC1. The summed E-state index contributed by atoms with van der Waals surface area (Å²) in [6.45, 7) is 7.06. The van der Waals surface area contributed by atoms with Crippen LogP contribution in [0, 0.1) is 23.7 Å². The molecular formula is C12H23N. The fourth-order valence-electron chi connectivity index (χ4n) is 2.55. The zero-order valence-corrected chi connectivity index (χ0v) is 9.05. The van der Waals surface area contributed by atoms with Gasteiger partial charge in [0.25, 0.3) is 0 Å². The van der Waals surface area contributed by atoms with Crippen molar-refractivity contribution in [3.8, 4) is 0 Å². The molecule has 0 aliphatic heterocycles. The molecule has 0 aromatic rings. The molecule has 2 aliphatic carbocycles. The highest BCUT2D eigenvalue weighted by Crippen LogP contribution is 2.49. The Kier molecular flexibility index (Phi) is 2.92. The minimum Gasteiger partial charge on any atom is -0.316 e. The van der Waals surface area contributed by atoms with E-state index in [0.29, 0.717) is 0 Å². The summed E-state index contributed by atoms with van der Waals surface area (Å²) in [5.74, 6) is 4.09. The molecule has 2 aliphatic rings. The molecule has 76 valence electrons. The maximum Gasteiger partial charge on any atom is -0.00177 e. The summed E-state index contributed by atoms with van der Waals surface area (Å²) in [4.78, 5) is 0. The van der Waals surface area contributed by atoms with E-state index in [1.54, 1.807) is 0 Å². The highest BCUT2D eigenvalue weighted by atomic mass is 14.9. The van der Waals surface area contributed by atoms with Gasteiger partial charge >= 0.3 is 0 Å². The minimum atomic E-state index is 0.805. The quantitative estimate of drug-likeness (QED) is 0.687. The Balaban J connectivity index is 1.59. The van der Waals surface area contributed by atoms with Crippen LogP contribution in [0.1, 0.15) is 39.5 Å². The zero-order valence-electron chi connectivity index (χ0n) is 9.05. The molecule has 1 heteroatoms. The van der Waals surface area contributed by atoms with Gasteiger partial charge in [-0.2, -0.15) is 0 Å². The van der Waals surface area contributed by atoms with Crippen LogP contribution in [0.2, 0.25) is 0 Å². The Labute approximate surface area is 82.3 Å². The van der Waals surface area contributed by atoms with E-state index in [4.69, 9.17) is 0 Å². The number of hydrogen-bond acceptors (Lipinski definition) is 1. The van der Waals surface area contributed by atoms with Crippen molar-refractivity contribution in [1.82, 2.24) is 5.32 Å². The van der Waals surface area contributed by atoms with Gasteiger partial charge in [-0.3, -0.25) is 0 Å². The van der Waals surface area contributed by atoms with Gasteiger partial charge in [0.1, 0.15) is 0 Å². The first kappa shape index (κ1) is 9.51. The smallest absolute Gasteiger partial charge is 0.00177 e. The Morgan fingerprint density at radius 1 is 1.15 bits per heavy atom. The molecule has 0 saturated heterocycles. The van der Waals surface area contributed by atoms with Gasteiger partial charge in [-0.1, -0.05) is 13.8 Å². The highest BCUT2D eigenvalue weighted by molar-refractivity contribution is 4.92. The van der Waals surface area contributed by atoms with Gasteiger partial charge in [-0.25, -0.2) is 0 Å². The second-order valence-electron chi connectivity index (χ2n) is 5.39. The van der Waals surface area contributed by atoms with Crippen LogP contribution in [-0.4, -0.2) is 13.1 Å². The molecule has 0 radical (unpaired) electrons. The maximum atomic E-state index is 3.60. The predicted octanol–water partition coefficient (Wildman–Crippen LogP) is 2.67.